The Morgan fingerprint density at radius 3 is 2.69 bits per heavy atom. The molecule has 0 spiro atoms. The molecule has 2 heterocycles. The second kappa shape index (κ2) is 13.4. The van der Waals surface area contributed by atoms with E-state index < -0.39 is 0 Å². The zero-order valence-corrected chi connectivity index (χ0v) is 21.3. The van der Waals surface area contributed by atoms with Gasteiger partial charge >= 0.3 is 0 Å². The molecule has 1 amide bonds. The minimum Gasteiger partial charge on any atom is -0.495 e. The van der Waals surface area contributed by atoms with Crippen LogP contribution >= 0.6 is 11.6 Å². The molecule has 9 nitrogen and oxygen atoms in total. The molecule has 1 aromatic carbocycles. The summed E-state index contributed by atoms with van der Waals surface area (Å²) in [6, 6.07) is 5.86. The average Bonchev–Trinajstić information content (AvgIpc) is 2.85. The Balaban J connectivity index is 1.57. The molecule has 2 aromatic rings. The lowest BCUT2D eigenvalue weighted by molar-refractivity contribution is -0.115. The van der Waals surface area contributed by atoms with Crippen molar-refractivity contribution in [2.24, 2.45) is 5.92 Å². The van der Waals surface area contributed by atoms with E-state index in [9.17, 15) is 4.79 Å². The maximum atomic E-state index is 12.5. The van der Waals surface area contributed by atoms with Gasteiger partial charge in [0.25, 0.3) is 0 Å². The Morgan fingerprint density at radius 1 is 1.29 bits per heavy atom. The number of nitriles is 1. The van der Waals surface area contributed by atoms with E-state index in [1.807, 2.05) is 12.1 Å². The summed E-state index contributed by atoms with van der Waals surface area (Å²) >= 11 is 6.56. The first kappa shape index (κ1) is 26.8. The number of benzene rings is 1. The Labute approximate surface area is 211 Å². The van der Waals surface area contributed by atoms with Crippen LogP contribution in [0.3, 0.4) is 0 Å². The van der Waals surface area contributed by atoms with Crippen LogP contribution in [0.15, 0.2) is 24.5 Å². The number of morpholine rings is 1. The van der Waals surface area contributed by atoms with Crippen LogP contribution in [-0.2, 0) is 22.4 Å². The summed E-state index contributed by atoms with van der Waals surface area (Å²) in [5.74, 6) is 0.759. The monoisotopic (exact) mass is 500 g/mol. The van der Waals surface area contributed by atoms with Gasteiger partial charge in [-0.1, -0.05) is 25.4 Å². The molecule has 0 saturated carbocycles. The molecule has 1 fully saturated rings. The number of anilines is 1. The lowest BCUT2D eigenvalue weighted by Crippen LogP contribution is -2.48. The molecule has 1 saturated heterocycles. The molecular formula is C25H33ClN6O3. The van der Waals surface area contributed by atoms with Crippen molar-refractivity contribution < 1.29 is 14.3 Å². The lowest BCUT2D eigenvalue weighted by atomic mass is 10.0. The number of nitrogens with one attached hydrogen (secondary N) is 2. The van der Waals surface area contributed by atoms with Crippen molar-refractivity contribution in [3.05, 3.63) is 46.5 Å². The van der Waals surface area contributed by atoms with E-state index in [1.165, 1.54) is 12.4 Å². The fourth-order valence-corrected chi connectivity index (χ4v) is 4.14. The highest BCUT2D eigenvalue weighted by molar-refractivity contribution is 6.31. The first-order chi connectivity index (χ1) is 16.9. The van der Waals surface area contributed by atoms with E-state index in [4.69, 9.17) is 26.3 Å². The van der Waals surface area contributed by atoms with Crippen molar-refractivity contribution in [3.8, 4) is 11.8 Å². The van der Waals surface area contributed by atoms with Gasteiger partial charge in [-0.15, -0.1) is 0 Å². The first-order valence-corrected chi connectivity index (χ1v) is 12.2. The fraction of sp³-hybridized carbons (Fsp3) is 0.520. The third kappa shape index (κ3) is 8.15. The van der Waals surface area contributed by atoms with E-state index in [0.29, 0.717) is 34.1 Å². The van der Waals surface area contributed by atoms with Crippen LogP contribution in [0, 0.1) is 17.2 Å². The highest BCUT2D eigenvalue weighted by Gasteiger charge is 2.19. The number of hydrogen-bond donors (Lipinski definition) is 2. The minimum atomic E-state index is -0.282. The van der Waals surface area contributed by atoms with Crippen LogP contribution in [0.5, 0.6) is 5.75 Å². The molecule has 10 heteroatoms. The zero-order chi connectivity index (χ0) is 25.2. The molecule has 0 aliphatic carbocycles. The summed E-state index contributed by atoms with van der Waals surface area (Å²) < 4.78 is 11.0. The van der Waals surface area contributed by atoms with Crippen molar-refractivity contribution in [1.82, 2.24) is 20.2 Å². The largest absolute Gasteiger partial charge is 0.495 e. The van der Waals surface area contributed by atoms with Gasteiger partial charge < -0.3 is 20.1 Å². The van der Waals surface area contributed by atoms with Gasteiger partial charge in [-0.25, -0.2) is 4.98 Å². The highest BCUT2D eigenvalue weighted by atomic mass is 35.5. The molecule has 188 valence electrons. The van der Waals surface area contributed by atoms with E-state index in [1.54, 1.807) is 13.2 Å². The van der Waals surface area contributed by atoms with Crippen molar-refractivity contribution >= 4 is 23.2 Å². The Bertz CT molecular complexity index is 1020. The van der Waals surface area contributed by atoms with Gasteiger partial charge in [0.15, 0.2) is 5.69 Å². The second-order valence-corrected chi connectivity index (χ2v) is 9.25. The van der Waals surface area contributed by atoms with Crippen LogP contribution in [0.4, 0.5) is 5.69 Å². The number of rotatable bonds is 11. The summed E-state index contributed by atoms with van der Waals surface area (Å²) in [4.78, 5) is 23.0. The molecule has 1 aromatic heterocycles. The molecule has 1 atom stereocenters. The molecule has 1 aliphatic heterocycles. The topological polar surface area (TPSA) is 112 Å². The van der Waals surface area contributed by atoms with E-state index in [0.717, 1.165) is 51.4 Å². The number of aromatic nitrogens is 2. The summed E-state index contributed by atoms with van der Waals surface area (Å²) in [6.45, 7) is 9.77. The summed E-state index contributed by atoms with van der Waals surface area (Å²) in [6.07, 6.45) is 3.51. The van der Waals surface area contributed by atoms with Crippen LogP contribution in [-0.4, -0.2) is 73.3 Å². The Hall–Kier alpha value is -2.77. The normalized spacial score (nSPS) is 15.0. The van der Waals surface area contributed by atoms with Crippen LogP contribution in [0.2, 0.25) is 5.02 Å². The van der Waals surface area contributed by atoms with Gasteiger partial charge in [-0.2, -0.15) is 5.26 Å². The number of amides is 1. The molecule has 1 aliphatic rings. The second-order valence-electron chi connectivity index (χ2n) is 8.84. The van der Waals surface area contributed by atoms with Crippen molar-refractivity contribution in [3.63, 3.8) is 0 Å². The molecule has 35 heavy (non-hydrogen) atoms. The molecule has 0 radical (unpaired) electrons. The van der Waals surface area contributed by atoms with Crippen molar-refractivity contribution in [1.29, 1.82) is 5.26 Å². The van der Waals surface area contributed by atoms with Crippen molar-refractivity contribution in [2.75, 3.05) is 51.8 Å². The molecule has 0 unspecified atom stereocenters. The zero-order valence-electron chi connectivity index (χ0n) is 20.5. The number of hydrogen-bond acceptors (Lipinski definition) is 8. The predicted molar refractivity (Wildman–Crippen MR) is 135 cm³/mol. The Kier molecular flexibility index (Phi) is 10.2. The van der Waals surface area contributed by atoms with Gasteiger partial charge in [-0.05, 0) is 36.6 Å². The third-order valence-corrected chi connectivity index (χ3v) is 6.32. The van der Waals surface area contributed by atoms with Crippen LogP contribution < -0.4 is 15.4 Å². The molecule has 3 rings (SSSR count). The third-order valence-electron chi connectivity index (χ3n) is 5.97. The maximum absolute atomic E-state index is 12.5. The standard InChI is InChI=1S/C25H33ClN6O3/c1-17(2)23(16-32-6-8-35-9-7-32)28-5-4-18-10-24(34-3)22(12-21(18)26)31-25(33)11-19-14-30-20(13-27)15-29-19/h10,12,14-15,17,23,28H,4-9,11,16H2,1-3H3,(H,31,33)/t23-/m1/s1. The number of halogens is 1. The SMILES string of the molecule is COc1cc(CCN[C@H](CN2CCOCC2)C(C)C)c(Cl)cc1NC(=O)Cc1cnc(C#N)cn1. The molecular weight excluding hydrogens is 468 g/mol. The van der Waals surface area contributed by atoms with E-state index in [-0.39, 0.29) is 18.0 Å². The smallest absolute Gasteiger partial charge is 0.230 e. The fourth-order valence-electron chi connectivity index (χ4n) is 3.88. The summed E-state index contributed by atoms with van der Waals surface area (Å²) in [5.41, 5.74) is 2.11. The summed E-state index contributed by atoms with van der Waals surface area (Å²) in [7, 11) is 1.56. The number of ether oxygens (including phenoxy) is 2. The predicted octanol–water partition coefficient (Wildman–Crippen LogP) is 2.68. The van der Waals surface area contributed by atoms with Gasteiger partial charge in [0.1, 0.15) is 11.8 Å². The molecule has 2 N–H and O–H groups in total. The van der Waals surface area contributed by atoms with Gasteiger partial charge in [0, 0.05) is 30.7 Å². The highest BCUT2D eigenvalue weighted by Crippen LogP contribution is 2.31. The van der Waals surface area contributed by atoms with E-state index >= 15 is 0 Å². The number of methoxy groups -OCH3 is 1. The Morgan fingerprint density at radius 2 is 2.06 bits per heavy atom. The van der Waals surface area contributed by atoms with Crippen molar-refractivity contribution in [2.45, 2.75) is 32.7 Å². The number of carbonyl (C=O) groups is 1. The number of nitrogens with zero attached hydrogens (tertiary/aromatic N) is 4. The van der Waals surface area contributed by atoms with E-state index in [2.05, 4.69) is 39.3 Å². The number of carbonyl (C=O) groups excluding carboxylic acids is 1. The first-order valence-electron chi connectivity index (χ1n) is 11.8. The van der Waals surface area contributed by atoms with Gasteiger partial charge in [0.05, 0.1) is 50.5 Å². The quantitative estimate of drug-likeness (QED) is 0.484. The van der Waals surface area contributed by atoms with Crippen LogP contribution in [0.25, 0.3) is 0 Å². The lowest BCUT2D eigenvalue weighted by Gasteiger charge is -2.32. The van der Waals surface area contributed by atoms with Gasteiger partial charge in [0.2, 0.25) is 5.91 Å². The summed E-state index contributed by atoms with van der Waals surface area (Å²) in [5, 5.41) is 15.9. The average molecular weight is 501 g/mol. The maximum Gasteiger partial charge on any atom is 0.230 e. The van der Waals surface area contributed by atoms with Crippen LogP contribution in [0.1, 0.15) is 30.8 Å². The molecule has 0 bridgehead atoms. The van der Waals surface area contributed by atoms with Gasteiger partial charge in [-0.3, -0.25) is 14.7 Å². The minimum absolute atomic E-state index is 0.0187.